The van der Waals surface area contributed by atoms with Gasteiger partial charge in [0.1, 0.15) is 38.6 Å². The Morgan fingerprint density at radius 2 is 1.71 bits per heavy atom. The third-order valence-corrected chi connectivity index (χ3v) is 4.84. The van der Waals surface area contributed by atoms with Gasteiger partial charge in [-0.2, -0.15) is 0 Å². The SMILES string of the molecule is Clc1c2c(c(Cl)c3c1=Nc1ccccc1O3)=NC1C=CC=CC1O2. The molecule has 3 aliphatic rings. The van der Waals surface area contributed by atoms with Gasteiger partial charge in [0.15, 0.2) is 17.2 Å². The van der Waals surface area contributed by atoms with Crippen molar-refractivity contribution >= 4 is 28.9 Å². The number of para-hydroxylation sites is 2. The van der Waals surface area contributed by atoms with Crippen LogP contribution >= 0.6 is 23.2 Å². The molecule has 2 unspecified atom stereocenters. The third-order valence-electron chi connectivity index (χ3n) is 4.14. The van der Waals surface area contributed by atoms with Crippen molar-refractivity contribution in [3.8, 4) is 17.2 Å². The van der Waals surface area contributed by atoms with E-state index in [4.69, 9.17) is 37.7 Å². The summed E-state index contributed by atoms with van der Waals surface area (Å²) in [6.45, 7) is 0. The largest absolute Gasteiger partial charge is 0.480 e. The number of halogens is 2. The van der Waals surface area contributed by atoms with Crippen LogP contribution in [0, 0.1) is 0 Å². The van der Waals surface area contributed by atoms with Crippen molar-refractivity contribution in [2.45, 2.75) is 12.1 Å². The van der Waals surface area contributed by atoms with Crippen molar-refractivity contribution in [1.29, 1.82) is 0 Å². The van der Waals surface area contributed by atoms with E-state index < -0.39 is 0 Å². The van der Waals surface area contributed by atoms with Gasteiger partial charge in [-0.15, -0.1) is 0 Å². The van der Waals surface area contributed by atoms with Crippen LogP contribution < -0.4 is 20.2 Å². The highest BCUT2D eigenvalue weighted by molar-refractivity contribution is 6.35. The molecule has 5 rings (SSSR count). The van der Waals surface area contributed by atoms with Crippen LogP contribution in [0.4, 0.5) is 5.69 Å². The quantitative estimate of drug-likeness (QED) is 0.612. The second-order valence-electron chi connectivity index (χ2n) is 5.64. The summed E-state index contributed by atoms with van der Waals surface area (Å²) < 4.78 is 12.0. The smallest absolute Gasteiger partial charge is 0.175 e. The molecular formula is C18H10Cl2N2O2. The summed E-state index contributed by atoms with van der Waals surface area (Å²) in [5.41, 5.74) is 0.703. The number of hydrogen-bond donors (Lipinski definition) is 0. The van der Waals surface area contributed by atoms with Crippen LogP contribution in [0.1, 0.15) is 0 Å². The molecule has 1 aliphatic carbocycles. The zero-order valence-electron chi connectivity index (χ0n) is 12.2. The lowest BCUT2D eigenvalue weighted by Gasteiger charge is -2.28. The molecule has 0 saturated carbocycles. The summed E-state index contributed by atoms with van der Waals surface area (Å²) >= 11 is 13.1. The summed E-state index contributed by atoms with van der Waals surface area (Å²) in [5, 5.41) is 1.72. The molecule has 0 spiro atoms. The molecule has 2 heterocycles. The molecule has 0 fully saturated rings. The minimum absolute atomic E-state index is 0.123. The Hall–Kier alpha value is -2.30. The van der Waals surface area contributed by atoms with Crippen molar-refractivity contribution in [1.82, 2.24) is 0 Å². The normalized spacial score (nSPS) is 21.9. The van der Waals surface area contributed by atoms with E-state index in [9.17, 15) is 0 Å². The van der Waals surface area contributed by atoms with E-state index in [2.05, 4.69) is 4.99 Å². The van der Waals surface area contributed by atoms with Crippen molar-refractivity contribution < 1.29 is 9.47 Å². The van der Waals surface area contributed by atoms with Gasteiger partial charge in [-0.3, -0.25) is 4.99 Å². The first kappa shape index (κ1) is 14.1. The maximum atomic E-state index is 6.55. The van der Waals surface area contributed by atoms with Gasteiger partial charge < -0.3 is 9.47 Å². The Bertz CT molecular complexity index is 1060. The summed E-state index contributed by atoms with van der Waals surface area (Å²) in [5.74, 6) is 1.51. The molecule has 0 aromatic heterocycles. The fourth-order valence-corrected chi connectivity index (χ4v) is 3.51. The minimum atomic E-state index is -0.189. The zero-order chi connectivity index (χ0) is 16.3. The van der Waals surface area contributed by atoms with E-state index in [1.807, 2.05) is 48.6 Å². The van der Waals surface area contributed by atoms with Crippen LogP contribution in [0.5, 0.6) is 17.2 Å². The first-order chi connectivity index (χ1) is 11.7. The molecule has 6 heteroatoms. The molecule has 4 nitrogen and oxygen atoms in total. The Balaban J connectivity index is 1.82. The molecule has 2 aromatic rings. The topological polar surface area (TPSA) is 43.2 Å². The molecular weight excluding hydrogens is 347 g/mol. The fraction of sp³-hybridized carbons (Fsp3) is 0.111. The predicted molar refractivity (Wildman–Crippen MR) is 91.4 cm³/mol. The molecule has 118 valence electrons. The lowest BCUT2D eigenvalue weighted by atomic mass is 10.0. The Morgan fingerprint density at radius 1 is 0.917 bits per heavy atom. The first-order valence-electron chi connectivity index (χ1n) is 7.48. The predicted octanol–water partition coefficient (Wildman–Crippen LogP) is 3.93. The number of rotatable bonds is 0. The Labute approximate surface area is 147 Å². The Morgan fingerprint density at radius 3 is 2.62 bits per heavy atom. The van der Waals surface area contributed by atoms with Crippen molar-refractivity contribution in [2.24, 2.45) is 9.98 Å². The monoisotopic (exact) mass is 356 g/mol. The van der Waals surface area contributed by atoms with Gasteiger partial charge in [0, 0.05) is 0 Å². The number of nitrogens with zero attached hydrogens (tertiary/aromatic N) is 2. The summed E-state index contributed by atoms with van der Waals surface area (Å²) in [6.07, 6.45) is 7.60. The van der Waals surface area contributed by atoms with Gasteiger partial charge in [0.2, 0.25) is 0 Å². The molecule has 2 aliphatic heterocycles. The first-order valence-corrected chi connectivity index (χ1v) is 8.24. The summed E-state index contributed by atoms with van der Waals surface area (Å²) in [6, 6.07) is 7.34. The maximum Gasteiger partial charge on any atom is 0.175 e. The van der Waals surface area contributed by atoms with Crippen LogP contribution in [0.25, 0.3) is 0 Å². The van der Waals surface area contributed by atoms with Gasteiger partial charge >= 0.3 is 0 Å². The highest BCUT2D eigenvalue weighted by Crippen LogP contribution is 2.39. The van der Waals surface area contributed by atoms with Gasteiger partial charge in [-0.25, -0.2) is 4.99 Å². The highest BCUT2D eigenvalue weighted by atomic mass is 35.5. The number of fused-ring (bicyclic) bond motifs is 4. The molecule has 0 radical (unpaired) electrons. The lowest BCUT2D eigenvalue weighted by molar-refractivity contribution is 0.214. The maximum absolute atomic E-state index is 6.55. The van der Waals surface area contributed by atoms with Crippen molar-refractivity contribution in [3.63, 3.8) is 0 Å². The molecule has 0 saturated heterocycles. The lowest BCUT2D eigenvalue weighted by Crippen LogP contribution is -2.38. The summed E-state index contributed by atoms with van der Waals surface area (Å²) in [4.78, 5) is 9.28. The molecule has 24 heavy (non-hydrogen) atoms. The Kier molecular flexibility index (Phi) is 2.99. The summed E-state index contributed by atoms with van der Waals surface area (Å²) in [7, 11) is 0. The van der Waals surface area contributed by atoms with Crippen LogP contribution in [0.15, 0.2) is 58.6 Å². The second-order valence-corrected chi connectivity index (χ2v) is 6.39. The van der Waals surface area contributed by atoms with E-state index in [-0.39, 0.29) is 12.1 Å². The van der Waals surface area contributed by atoms with Gasteiger partial charge in [-0.1, -0.05) is 53.6 Å². The van der Waals surface area contributed by atoms with E-state index in [1.54, 1.807) is 0 Å². The van der Waals surface area contributed by atoms with Gasteiger partial charge in [-0.05, 0) is 18.2 Å². The number of hydrogen-bond acceptors (Lipinski definition) is 4. The van der Waals surface area contributed by atoms with Crippen molar-refractivity contribution in [2.75, 3.05) is 0 Å². The molecule has 2 aromatic carbocycles. The number of ether oxygens (including phenoxy) is 2. The average Bonchev–Trinajstić information content (AvgIpc) is 2.64. The number of allylic oxidation sites excluding steroid dienone is 2. The molecule has 0 amide bonds. The molecule has 0 N–H and O–H groups in total. The van der Waals surface area contributed by atoms with Crippen LogP contribution in [-0.4, -0.2) is 12.1 Å². The van der Waals surface area contributed by atoms with E-state index in [0.29, 0.717) is 43.7 Å². The second kappa shape index (κ2) is 5.10. The van der Waals surface area contributed by atoms with Crippen molar-refractivity contribution in [3.05, 3.63) is 69.3 Å². The van der Waals surface area contributed by atoms with E-state index >= 15 is 0 Å². The van der Waals surface area contributed by atoms with Crippen LogP contribution in [0.2, 0.25) is 10.0 Å². The van der Waals surface area contributed by atoms with Crippen LogP contribution in [0.3, 0.4) is 0 Å². The zero-order valence-corrected chi connectivity index (χ0v) is 13.8. The highest BCUT2D eigenvalue weighted by Gasteiger charge is 2.31. The van der Waals surface area contributed by atoms with Gasteiger partial charge in [0.25, 0.3) is 0 Å². The van der Waals surface area contributed by atoms with Gasteiger partial charge in [0.05, 0.1) is 0 Å². The standard InChI is InChI=1S/C18H10Cl2N2O2/c19-13-15-17(23-11-7-3-1-5-9(11)21-15)14(20)16-18(13)24-12-8-4-2-6-10(12)22-16/h1-9,11H. The van der Waals surface area contributed by atoms with Crippen LogP contribution in [-0.2, 0) is 0 Å². The minimum Gasteiger partial charge on any atom is -0.480 e. The molecule has 0 bridgehead atoms. The average molecular weight is 357 g/mol. The van der Waals surface area contributed by atoms with E-state index in [1.165, 1.54) is 0 Å². The third kappa shape index (κ3) is 1.93. The number of benzene rings is 2. The van der Waals surface area contributed by atoms with E-state index in [0.717, 1.165) is 0 Å². The molecule has 2 atom stereocenters. The fourth-order valence-electron chi connectivity index (χ4n) is 2.99.